The molecule has 0 aliphatic heterocycles. The summed E-state index contributed by atoms with van der Waals surface area (Å²) in [7, 11) is 0. The average molecular weight is 1110 g/mol. The molecule has 0 radical (unpaired) electrons. The van der Waals surface area contributed by atoms with Gasteiger partial charge in [-0.25, -0.2) is 0 Å². The number of ether oxygens (including phenoxy) is 1. The number of unbranched alkanes of at least 4 members (excludes halogenated alkanes) is 53. The average Bonchev–Trinajstić information content (AvgIpc) is 3.45. The van der Waals surface area contributed by atoms with E-state index in [4.69, 9.17) is 4.74 Å². The number of esters is 1. The van der Waals surface area contributed by atoms with Gasteiger partial charge >= 0.3 is 5.97 Å². The second-order valence-electron chi connectivity index (χ2n) is 24.9. The van der Waals surface area contributed by atoms with Crippen LogP contribution >= 0.6 is 0 Å². The van der Waals surface area contributed by atoms with Crippen molar-refractivity contribution in [3.63, 3.8) is 0 Å². The Bertz CT molecular complexity index is 1230. The number of nitrogens with one attached hydrogen (secondary N) is 1. The second kappa shape index (κ2) is 68.8. The summed E-state index contributed by atoms with van der Waals surface area (Å²) in [6, 6.07) is -0.545. The first-order valence-corrected chi connectivity index (χ1v) is 36.1. The van der Waals surface area contributed by atoms with Gasteiger partial charge in [-0.15, -0.1) is 0 Å². The number of aliphatic hydroxyl groups is 2. The van der Waals surface area contributed by atoms with Gasteiger partial charge in [-0.2, -0.15) is 0 Å². The van der Waals surface area contributed by atoms with Crippen LogP contribution in [0, 0.1) is 0 Å². The van der Waals surface area contributed by atoms with E-state index in [1.807, 2.05) is 0 Å². The smallest absolute Gasteiger partial charge is 0.305 e. The number of carbonyl (C=O) groups is 2. The first kappa shape index (κ1) is 77.3. The van der Waals surface area contributed by atoms with E-state index < -0.39 is 12.1 Å². The Kier molecular flexibility index (Phi) is 67.4. The molecule has 0 aromatic heterocycles. The van der Waals surface area contributed by atoms with Crippen molar-refractivity contribution < 1.29 is 24.5 Å². The quantitative estimate of drug-likeness (QED) is 0.0320. The normalized spacial score (nSPS) is 12.6. The Labute approximate surface area is 494 Å². The van der Waals surface area contributed by atoms with Gasteiger partial charge in [0.25, 0.3) is 0 Å². The van der Waals surface area contributed by atoms with E-state index in [9.17, 15) is 19.8 Å². The fourth-order valence-corrected chi connectivity index (χ4v) is 11.5. The zero-order chi connectivity index (χ0) is 57.1. The molecule has 1 amide bonds. The van der Waals surface area contributed by atoms with E-state index in [0.717, 1.165) is 44.9 Å². The van der Waals surface area contributed by atoms with Gasteiger partial charge in [0.2, 0.25) is 5.91 Å². The summed E-state index contributed by atoms with van der Waals surface area (Å²) in [4.78, 5) is 24.6. The molecule has 0 aliphatic rings. The largest absolute Gasteiger partial charge is 0.466 e. The van der Waals surface area contributed by atoms with Crippen LogP contribution < -0.4 is 5.32 Å². The topological polar surface area (TPSA) is 95.9 Å². The van der Waals surface area contributed by atoms with Crippen LogP contribution in [0.2, 0.25) is 0 Å². The van der Waals surface area contributed by atoms with Gasteiger partial charge in [-0.3, -0.25) is 9.59 Å². The fraction of sp³-hybridized carbons (Fsp3) is 0.918. The van der Waals surface area contributed by atoms with Crippen molar-refractivity contribution in [3.05, 3.63) is 24.3 Å². The lowest BCUT2D eigenvalue weighted by atomic mass is 10.0. The Morgan fingerprint density at radius 1 is 0.354 bits per heavy atom. The zero-order valence-electron chi connectivity index (χ0n) is 53.6. The highest BCUT2D eigenvalue weighted by Crippen LogP contribution is 2.19. The maximum Gasteiger partial charge on any atom is 0.305 e. The number of hydrogen-bond donors (Lipinski definition) is 3. The maximum absolute atomic E-state index is 12.6. The Morgan fingerprint density at radius 3 is 0.962 bits per heavy atom. The molecule has 0 spiro atoms. The van der Waals surface area contributed by atoms with Crippen molar-refractivity contribution in [2.75, 3.05) is 13.2 Å². The van der Waals surface area contributed by atoms with E-state index in [-0.39, 0.29) is 18.5 Å². The van der Waals surface area contributed by atoms with Crippen LogP contribution in [0.3, 0.4) is 0 Å². The highest BCUT2D eigenvalue weighted by atomic mass is 16.5. The molecule has 79 heavy (non-hydrogen) atoms. The standard InChI is InChI=1S/C73H141NO5/c1-3-5-7-9-11-13-15-17-18-19-20-21-29-32-35-38-42-45-49-53-57-61-65-71(76)70(69-75)74-72(77)66-62-58-54-50-46-43-39-36-33-30-27-25-23-22-24-26-28-31-34-37-40-44-48-52-56-60-64-68-79-73(78)67-63-59-55-51-47-41-16-14-12-10-8-6-4-2/h22-23,26,28,70-71,75-76H,3-21,24-25,27,29-69H2,1-2H3,(H,74,77)/b23-22-,28-26-. The molecule has 0 rings (SSSR count). The summed E-state index contributed by atoms with van der Waals surface area (Å²) < 4.78 is 5.48. The first-order chi connectivity index (χ1) is 39.0. The van der Waals surface area contributed by atoms with Crippen molar-refractivity contribution in [1.29, 1.82) is 0 Å². The molecule has 2 unspecified atom stereocenters. The van der Waals surface area contributed by atoms with E-state index in [1.165, 1.54) is 327 Å². The molecular weight excluding hydrogens is 971 g/mol. The number of amides is 1. The zero-order valence-corrected chi connectivity index (χ0v) is 53.6. The fourth-order valence-electron chi connectivity index (χ4n) is 11.5. The number of aliphatic hydroxyl groups excluding tert-OH is 2. The summed E-state index contributed by atoms with van der Waals surface area (Å²) in [5, 5.41) is 23.4. The highest BCUT2D eigenvalue weighted by molar-refractivity contribution is 5.76. The second-order valence-corrected chi connectivity index (χ2v) is 24.9. The van der Waals surface area contributed by atoms with Gasteiger partial charge in [0, 0.05) is 12.8 Å². The van der Waals surface area contributed by atoms with Crippen molar-refractivity contribution in [2.24, 2.45) is 0 Å². The molecule has 0 aromatic rings. The molecule has 3 N–H and O–H groups in total. The Hall–Kier alpha value is -1.66. The van der Waals surface area contributed by atoms with E-state index in [2.05, 4.69) is 43.5 Å². The summed E-state index contributed by atoms with van der Waals surface area (Å²) in [5.74, 6) is -0.0204. The maximum atomic E-state index is 12.6. The molecule has 0 aliphatic carbocycles. The summed E-state index contributed by atoms with van der Waals surface area (Å²) in [5.41, 5.74) is 0. The molecule has 0 fully saturated rings. The van der Waals surface area contributed by atoms with Crippen LogP contribution in [0.4, 0.5) is 0 Å². The molecule has 2 atom stereocenters. The van der Waals surface area contributed by atoms with Crippen LogP contribution in [0.5, 0.6) is 0 Å². The molecule has 0 saturated heterocycles. The summed E-state index contributed by atoms with van der Waals surface area (Å²) >= 11 is 0. The summed E-state index contributed by atoms with van der Waals surface area (Å²) in [6.07, 6.45) is 86.6. The van der Waals surface area contributed by atoms with E-state index >= 15 is 0 Å². The van der Waals surface area contributed by atoms with Crippen LogP contribution in [-0.4, -0.2) is 47.4 Å². The van der Waals surface area contributed by atoms with E-state index in [1.54, 1.807) is 0 Å². The van der Waals surface area contributed by atoms with E-state index in [0.29, 0.717) is 25.9 Å². The SMILES string of the molecule is CCCCCCCCCCCCCCCCCCCCCCCCC(O)C(CO)NC(=O)CCCCCCCCCCCCC/C=C\C/C=C\CCCCCCCCCCCOC(=O)CCCCCCCCCCCCCCC. The van der Waals surface area contributed by atoms with Crippen LogP contribution in [0.25, 0.3) is 0 Å². The van der Waals surface area contributed by atoms with Crippen molar-refractivity contribution in [1.82, 2.24) is 5.32 Å². The predicted octanol–water partition coefficient (Wildman–Crippen LogP) is 23.3. The minimum Gasteiger partial charge on any atom is -0.466 e. The van der Waals surface area contributed by atoms with Crippen LogP contribution in [0.15, 0.2) is 24.3 Å². The van der Waals surface area contributed by atoms with Crippen LogP contribution in [-0.2, 0) is 14.3 Å². The van der Waals surface area contributed by atoms with Gasteiger partial charge in [-0.05, 0) is 57.8 Å². The lowest BCUT2D eigenvalue weighted by Crippen LogP contribution is -2.45. The minimum absolute atomic E-state index is 0.0130. The molecule has 468 valence electrons. The highest BCUT2D eigenvalue weighted by Gasteiger charge is 2.20. The molecule has 6 nitrogen and oxygen atoms in total. The third-order valence-electron chi connectivity index (χ3n) is 17.0. The Morgan fingerprint density at radius 2 is 0.633 bits per heavy atom. The molecule has 0 aromatic carbocycles. The molecule has 6 heteroatoms. The molecule has 0 heterocycles. The molecule has 0 saturated carbocycles. The Balaban J connectivity index is 3.41. The minimum atomic E-state index is -0.668. The number of hydrogen-bond acceptors (Lipinski definition) is 5. The van der Waals surface area contributed by atoms with Gasteiger partial charge in [-0.1, -0.05) is 359 Å². The third-order valence-corrected chi connectivity index (χ3v) is 17.0. The number of carbonyl (C=O) groups excluding carboxylic acids is 2. The monoisotopic (exact) mass is 1110 g/mol. The predicted molar refractivity (Wildman–Crippen MR) is 347 cm³/mol. The van der Waals surface area contributed by atoms with Crippen LogP contribution in [0.1, 0.15) is 406 Å². The first-order valence-electron chi connectivity index (χ1n) is 36.1. The van der Waals surface area contributed by atoms with Gasteiger partial charge < -0.3 is 20.3 Å². The van der Waals surface area contributed by atoms with Gasteiger partial charge in [0.1, 0.15) is 0 Å². The van der Waals surface area contributed by atoms with Gasteiger partial charge in [0.15, 0.2) is 0 Å². The third kappa shape index (κ3) is 65.4. The number of rotatable bonds is 68. The van der Waals surface area contributed by atoms with Gasteiger partial charge in [0.05, 0.1) is 25.4 Å². The molecular formula is C73H141NO5. The number of allylic oxidation sites excluding steroid dienone is 4. The molecule has 0 bridgehead atoms. The lowest BCUT2D eigenvalue weighted by Gasteiger charge is -2.22. The van der Waals surface area contributed by atoms with Crippen molar-refractivity contribution >= 4 is 11.9 Å². The lowest BCUT2D eigenvalue weighted by molar-refractivity contribution is -0.143. The van der Waals surface area contributed by atoms with Crippen molar-refractivity contribution in [3.8, 4) is 0 Å². The van der Waals surface area contributed by atoms with Crippen molar-refractivity contribution in [2.45, 2.75) is 418 Å². The summed E-state index contributed by atoms with van der Waals surface area (Å²) in [6.45, 7) is 4.99.